The van der Waals surface area contributed by atoms with E-state index in [2.05, 4.69) is 10.6 Å². The highest BCUT2D eigenvalue weighted by Gasteiger charge is 2.29. The number of alkyl carbamates (subject to hydrolysis) is 1. The number of esters is 2. The standard InChI is InChI=1S/C28H26N2O7/c1-35-27(33)24(30-26(32)18-9-3-2-4-10-18)15-29-28(34)37-17-25(31)36-16-23-21-13-7-5-11-19(21)20-12-6-8-14-22(20)23/h2-14,23-24H,15-17H2,1H3,(H,29,34)(H,30,32)/t24-/m1/s1. The van der Waals surface area contributed by atoms with Crippen molar-refractivity contribution in [2.45, 2.75) is 12.0 Å². The number of fused-ring (bicyclic) bond motifs is 3. The third-order valence-corrected chi connectivity index (χ3v) is 5.97. The van der Waals surface area contributed by atoms with Gasteiger partial charge in [-0.2, -0.15) is 0 Å². The molecule has 0 aliphatic heterocycles. The Morgan fingerprint density at radius 2 is 1.41 bits per heavy atom. The third kappa shape index (κ3) is 6.13. The number of carbonyl (C=O) groups excluding carboxylic acids is 4. The number of nitrogens with one attached hydrogen (secondary N) is 2. The van der Waals surface area contributed by atoms with Crippen LogP contribution in [0.4, 0.5) is 4.79 Å². The lowest BCUT2D eigenvalue weighted by molar-refractivity contribution is -0.147. The number of benzene rings is 3. The number of hydrogen-bond acceptors (Lipinski definition) is 7. The maximum atomic E-state index is 12.3. The first-order chi connectivity index (χ1) is 18.0. The molecule has 0 saturated carbocycles. The van der Waals surface area contributed by atoms with Gasteiger partial charge in [0, 0.05) is 11.5 Å². The molecule has 9 nitrogen and oxygen atoms in total. The molecule has 2 N–H and O–H groups in total. The van der Waals surface area contributed by atoms with Gasteiger partial charge < -0.3 is 24.8 Å². The summed E-state index contributed by atoms with van der Waals surface area (Å²) in [6.07, 6.45) is -0.948. The van der Waals surface area contributed by atoms with Crippen LogP contribution in [0.1, 0.15) is 27.4 Å². The summed E-state index contributed by atoms with van der Waals surface area (Å²) >= 11 is 0. The smallest absolute Gasteiger partial charge is 0.407 e. The lowest BCUT2D eigenvalue weighted by Crippen LogP contribution is -2.49. The van der Waals surface area contributed by atoms with Crippen LogP contribution in [0, 0.1) is 0 Å². The summed E-state index contributed by atoms with van der Waals surface area (Å²) in [5, 5.41) is 4.85. The minimum atomic E-state index is -1.15. The van der Waals surface area contributed by atoms with Gasteiger partial charge in [-0.05, 0) is 34.4 Å². The fraction of sp³-hybridized carbons (Fsp3) is 0.214. The van der Waals surface area contributed by atoms with Gasteiger partial charge in [0.05, 0.1) is 13.7 Å². The predicted octanol–water partition coefficient (Wildman–Crippen LogP) is 3.04. The van der Waals surface area contributed by atoms with E-state index >= 15 is 0 Å². The second kappa shape index (κ2) is 11.9. The van der Waals surface area contributed by atoms with Crippen LogP contribution in [0.2, 0.25) is 0 Å². The lowest BCUT2D eigenvalue weighted by Gasteiger charge is -2.17. The molecule has 0 aromatic heterocycles. The Morgan fingerprint density at radius 3 is 2.03 bits per heavy atom. The fourth-order valence-corrected chi connectivity index (χ4v) is 4.18. The highest BCUT2D eigenvalue weighted by atomic mass is 16.6. The summed E-state index contributed by atoms with van der Waals surface area (Å²) in [4.78, 5) is 48.8. The Kier molecular flexibility index (Phi) is 8.15. The average molecular weight is 503 g/mol. The zero-order valence-corrected chi connectivity index (χ0v) is 20.1. The zero-order chi connectivity index (χ0) is 26.2. The van der Waals surface area contributed by atoms with Gasteiger partial charge in [0.15, 0.2) is 6.61 Å². The van der Waals surface area contributed by atoms with Gasteiger partial charge in [0.2, 0.25) is 0 Å². The van der Waals surface area contributed by atoms with Gasteiger partial charge in [-0.3, -0.25) is 4.79 Å². The first-order valence-electron chi connectivity index (χ1n) is 11.7. The van der Waals surface area contributed by atoms with E-state index in [-0.39, 0.29) is 19.1 Å². The van der Waals surface area contributed by atoms with E-state index in [0.29, 0.717) is 5.56 Å². The summed E-state index contributed by atoms with van der Waals surface area (Å²) in [6.45, 7) is -0.802. The van der Waals surface area contributed by atoms with Gasteiger partial charge in [-0.15, -0.1) is 0 Å². The molecule has 9 heteroatoms. The number of rotatable bonds is 9. The molecule has 4 rings (SSSR count). The molecular weight excluding hydrogens is 476 g/mol. The number of hydrogen-bond donors (Lipinski definition) is 2. The van der Waals surface area contributed by atoms with Crippen molar-refractivity contribution in [3.63, 3.8) is 0 Å². The van der Waals surface area contributed by atoms with E-state index in [0.717, 1.165) is 22.3 Å². The minimum Gasteiger partial charge on any atom is -0.467 e. The second-order valence-corrected chi connectivity index (χ2v) is 8.28. The molecule has 0 fully saturated rings. The number of carbonyl (C=O) groups is 4. The summed E-state index contributed by atoms with van der Waals surface area (Å²) < 4.78 is 15.0. The van der Waals surface area contributed by atoms with Crippen molar-refractivity contribution in [3.8, 4) is 11.1 Å². The molecule has 0 radical (unpaired) electrons. The number of ether oxygens (including phenoxy) is 3. The lowest BCUT2D eigenvalue weighted by atomic mass is 9.98. The van der Waals surface area contributed by atoms with E-state index in [9.17, 15) is 19.2 Å². The normalized spacial score (nSPS) is 12.5. The Labute approximate surface area is 213 Å². The molecule has 1 aliphatic carbocycles. The van der Waals surface area contributed by atoms with Gasteiger partial charge in [0.25, 0.3) is 5.91 Å². The van der Waals surface area contributed by atoms with Crippen molar-refractivity contribution >= 4 is 23.9 Å². The van der Waals surface area contributed by atoms with Crippen molar-refractivity contribution in [1.29, 1.82) is 0 Å². The third-order valence-electron chi connectivity index (χ3n) is 5.97. The first kappa shape index (κ1) is 25.4. The van der Waals surface area contributed by atoms with Crippen LogP contribution >= 0.6 is 0 Å². The maximum absolute atomic E-state index is 12.3. The van der Waals surface area contributed by atoms with Crippen LogP contribution in [0.15, 0.2) is 78.9 Å². The molecule has 0 spiro atoms. The Bertz CT molecular complexity index is 1250. The van der Waals surface area contributed by atoms with Crippen LogP contribution in [-0.2, 0) is 23.8 Å². The number of methoxy groups -OCH3 is 1. The molecule has 0 saturated heterocycles. The highest BCUT2D eigenvalue weighted by Crippen LogP contribution is 2.44. The fourth-order valence-electron chi connectivity index (χ4n) is 4.18. The molecule has 2 amide bonds. The van der Waals surface area contributed by atoms with Crippen molar-refractivity contribution in [3.05, 3.63) is 95.6 Å². The Hall–Kier alpha value is -4.66. The van der Waals surface area contributed by atoms with Gasteiger partial charge in [-0.25, -0.2) is 14.4 Å². The maximum Gasteiger partial charge on any atom is 0.407 e. The van der Waals surface area contributed by atoms with Crippen molar-refractivity contribution in [2.75, 3.05) is 26.9 Å². The Morgan fingerprint density at radius 1 is 0.811 bits per heavy atom. The number of amides is 2. The Balaban J connectivity index is 1.25. The molecule has 1 atom stereocenters. The molecule has 37 heavy (non-hydrogen) atoms. The zero-order valence-electron chi connectivity index (χ0n) is 20.1. The topological polar surface area (TPSA) is 120 Å². The highest BCUT2D eigenvalue weighted by molar-refractivity contribution is 5.96. The summed E-state index contributed by atoms with van der Waals surface area (Å²) in [7, 11) is 1.17. The molecule has 3 aromatic carbocycles. The molecule has 190 valence electrons. The summed E-state index contributed by atoms with van der Waals surface area (Å²) in [6, 6.07) is 23.0. The molecule has 1 aliphatic rings. The largest absolute Gasteiger partial charge is 0.467 e. The van der Waals surface area contributed by atoms with Crippen LogP contribution in [0.5, 0.6) is 0 Å². The van der Waals surface area contributed by atoms with E-state index in [1.165, 1.54) is 7.11 Å². The first-order valence-corrected chi connectivity index (χ1v) is 11.7. The van der Waals surface area contributed by atoms with E-state index in [1.54, 1.807) is 30.3 Å². The second-order valence-electron chi connectivity index (χ2n) is 8.28. The van der Waals surface area contributed by atoms with E-state index in [1.807, 2.05) is 48.5 Å². The monoisotopic (exact) mass is 502 g/mol. The van der Waals surface area contributed by atoms with Gasteiger partial charge in [-0.1, -0.05) is 66.7 Å². The predicted molar refractivity (Wildman–Crippen MR) is 134 cm³/mol. The van der Waals surface area contributed by atoms with E-state index in [4.69, 9.17) is 14.2 Å². The molecule has 0 unspecified atom stereocenters. The van der Waals surface area contributed by atoms with E-state index < -0.39 is 36.6 Å². The van der Waals surface area contributed by atoms with Gasteiger partial charge >= 0.3 is 18.0 Å². The summed E-state index contributed by atoms with van der Waals surface area (Å²) in [5.74, 6) is -2.08. The van der Waals surface area contributed by atoms with Gasteiger partial charge in [0.1, 0.15) is 12.6 Å². The molecule has 0 bridgehead atoms. The van der Waals surface area contributed by atoms with Crippen LogP contribution in [0.25, 0.3) is 11.1 Å². The summed E-state index contributed by atoms with van der Waals surface area (Å²) in [5.41, 5.74) is 4.70. The molecule has 3 aromatic rings. The van der Waals surface area contributed by atoms with Crippen molar-refractivity contribution in [2.24, 2.45) is 0 Å². The van der Waals surface area contributed by atoms with Crippen molar-refractivity contribution in [1.82, 2.24) is 10.6 Å². The van der Waals surface area contributed by atoms with Crippen LogP contribution in [0.3, 0.4) is 0 Å². The molecular formula is C28H26N2O7. The SMILES string of the molecule is COC(=O)[C@@H](CNC(=O)OCC(=O)OCC1c2ccccc2-c2ccccc21)NC(=O)c1ccccc1. The quantitative estimate of drug-likeness (QED) is 0.341. The molecule has 0 heterocycles. The minimum absolute atomic E-state index is 0.105. The van der Waals surface area contributed by atoms with Crippen LogP contribution in [-0.4, -0.2) is 56.8 Å². The van der Waals surface area contributed by atoms with Crippen LogP contribution < -0.4 is 10.6 Å². The average Bonchev–Trinajstić information content (AvgIpc) is 3.26. The van der Waals surface area contributed by atoms with Crippen molar-refractivity contribution < 1.29 is 33.4 Å².